The van der Waals surface area contributed by atoms with Gasteiger partial charge in [0.15, 0.2) is 0 Å². The molecule has 5 heteroatoms. The maximum atomic E-state index is 13.6. The molecule has 1 heterocycles. The number of halogens is 2. The number of benzene rings is 1. The summed E-state index contributed by atoms with van der Waals surface area (Å²) < 4.78 is 15.3. The third kappa shape index (κ3) is 3.31. The van der Waals surface area contributed by atoms with Gasteiger partial charge in [0, 0.05) is 38.3 Å². The van der Waals surface area contributed by atoms with E-state index in [1.54, 1.807) is 22.9 Å². The lowest BCUT2D eigenvalue weighted by Gasteiger charge is -2.06. The Labute approximate surface area is 111 Å². The SMILES string of the molecule is Cn1ccc(CCNCc2cccc(Cl)c2F)n1. The maximum absolute atomic E-state index is 13.6. The van der Waals surface area contributed by atoms with Gasteiger partial charge in [-0.1, -0.05) is 23.7 Å². The molecule has 2 rings (SSSR count). The second kappa shape index (κ2) is 5.98. The zero-order valence-corrected chi connectivity index (χ0v) is 10.9. The Morgan fingerprint density at radius 3 is 2.94 bits per heavy atom. The summed E-state index contributed by atoms with van der Waals surface area (Å²) >= 11 is 5.71. The van der Waals surface area contributed by atoms with Crippen LogP contribution in [0.2, 0.25) is 5.02 Å². The summed E-state index contributed by atoms with van der Waals surface area (Å²) in [7, 11) is 1.89. The van der Waals surface area contributed by atoms with Crippen LogP contribution in [0.1, 0.15) is 11.3 Å². The summed E-state index contributed by atoms with van der Waals surface area (Å²) in [6, 6.07) is 7.01. The van der Waals surface area contributed by atoms with E-state index in [0.717, 1.165) is 18.7 Å². The highest BCUT2D eigenvalue weighted by molar-refractivity contribution is 6.30. The maximum Gasteiger partial charge on any atom is 0.146 e. The molecule has 0 amide bonds. The average molecular weight is 268 g/mol. The zero-order chi connectivity index (χ0) is 13.0. The molecular weight excluding hydrogens is 253 g/mol. The third-order valence-corrected chi connectivity index (χ3v) is 2.97. The lowest BCUT2D eigenvalue weighted by Crippen LogP contribution is -2.17. The van der Waals surface area contributed by atoms with Gasteiger partial charge in [-0.25, -0.2) is 4.39 Å². The van der Waals surface area contributed by atoms with Crippen molar-refractivity contribution in [3.63, 3.8) is 0 Å². The second-order valence-corrected chi connectivity index (χ2v) is 4.53. The van der Waals surface area contributed by atoms with E-state index in [1.807, 2.05) is 19.3 Å². The predicted molar refractivity (Wildman–Crippen MR) is 70.0 cm³/mol. The molecule has 0 saturated heterocycles. The number of nitrogens with zero attached hydrogens (tertiary/aromatic N) is 2. The van der Waals surface area contributed by atoms with Crippen molar-refractivity contribution in [3.05, 3.63) is 52.6 Å². The lowest BCUT2D eigenvalue weighted by atomic mass is 10.2. The van der Waals surface area contributed by atoms with Gasteiger partial charge in [0.25, 0.3) is 0 Å². The van der Waals surface area contributed by atoms with E-state index < -0.39 is 0 Å². The zero-order valence-electron chi connectivity index (χ0n) is 10.2. The Bertz CT molecular complexity index is 525. The van der Waals surface area contributed by atoms with Crippen LogP contribution in [-0.4, -0.2) is 16.3 Å². The Morgan fingerprint density at radius 1 is 1.39 bits per heavy atom. The van der Waals surface area contributed by atoms with Crippen LogP contribution < -0.4 is 5.32 Å². The van der Waals surface area contributed by atoms with Crippen LogP contribution in [0.4, 0.5) is 4.39 Å². The molecule has 0 saturated carbocycles. The van der Waals surface area contributed by atoms with E-state index in [2.05, 4.69) is 10.4 Å². The third-order valence-electron chi connectivity index (χ3n) is 2.67. The van der Waals surface area contributed by atoms with Crippen molar-refractivity contribution < 1.29 is 4.39 Å². The first-order chi connectivity index (χ1) is 8.66. The normalized spacial score (nSPS) is 10.8. The first-order valence-electron chi connectivity index (χ1n) is 5.79. The number of aromatic nitrogens is 2. The Kier molecular flexibility index (Phi) is 4.33. The van der Waals surface area contributed by atoms with E-state index in [4.69, 9.17) is 11.6 Å². The monoisotopic (exact) mass is 267 g/mol. The highest BCUT2D eigenvalue weighted by atomic mass is 35.5. The minimum absolute atomic E-state index is 0.166. The Morgan fingerprint density at radius 2 is 2.22 bits per heavy atom. The molecule has 3 nitrogen and oxygen atoms in total. The van der Waals surface area contributed by atoms with Crippen molar-refractivity contribution in [3.8, 4) is 0 Å². The highest BCUT2D eigenvalue weighted by Gasteiger charge is 2.05. The molecule has 0 spiro atoms. The van der Waals surface area contributed by atoms with Crippen molar-refractivity contribution in [1.29, 1.82) is 0 Å². The first kappa shape index (κ1) is 13.1. The van der Waals surface area contributed by atoms with Crippen LogP contribution >= 0.6 is 11.6 Å². The second-order valence-electron chi connectivity index (χ2n) is 4.12. The van der Waals surface area contributed by atoms with Crippen molar-refractivity contribution in [2.24, 2.45) is 7.05 Å². The fourth-order valence-corrected chi connectivity index (χ4v) is 1.92. The molecule has 1 aromatic heterocycles. The minimum atomic E-state index is -0.343. The minimum Gasteiger partial charge on any atom is -0.312 e. The van der Waals surface area contributed by atoms with Crippen LogP contribution in [0, 0.1) is 5.82 Å². The molecule has 0 radical (unpaired) electrons. The molecule has 2 aromatic rings. The average Bonchev–Trinajstić information content (AvgIpc) is 2.76. The summed E-state index contributed by atoms with van der Waals surface area (Å²) in [5, 5.41) is 7.61. The quantitative estimate of drug-likeness (QED) is 0.844. The fourth-order valence-electron chi connectivity index (χ4n) is 1.72. The van der Waals surface area contributed by atoms with E-state index >= 15 is 0 Å². The number of rotatable bonds is 5. The van der Waals surface area contributed by atoms with Crippen LogP contribution in [0.5, 0.6) is 0 Å². The Hall–Kier alpha value is -1.39. The van der Waals surface area contributed by atoms with E-state index in [1.165, 1.54) is 0 Å². The van der Waals surface area contributed by atoms with Gasteiger partial charge < -0.3 is 5.32 Å². The van der Waals surface area contributed by atoms with E-state index in [0.29, 0.717) is 12.1 Å². The number of aryl methyl sites for hydroxylation is 1. The van der Waals surface area contributed by atoms with Gasteiger partial charge in [0.05, 0.1) is 10.7 Å². The molecule has 1 aromatic carbocycles. The van der Waals surface area contributed by atoms with Gasteiger partial charge in [-0.05, 0) is 12.1 Å². The summed E-state index contributed by atoms with van der Waals surface area (Å²) in [4.78, 5) is 0. The molecule has 0 bridgehead atoms. The van der Waals surface area contributed by atoms with E-state index in [-0.39, 0.29) is 10.8 Å². The van der Waals surface area contributed by atoms with Crippen molar-refractivity contribution in [2.75, 3.05) is 6.54 Å². The van der Waals surface area contributed by atoms with Crippen molar-refractivity contribution in [2.45, 2.75) is 13.0 Å². The fraction of sp³-hybridized carbons (Fsp3) is 0.308. The molecular formula is C13H15ClFN3. The molecule has 0 aliphatic rings. The molecule has 0 aliphatic carbocycles. The molecule has 0 aliphatic heterocycles. The molecule has 0 atom stereocenters. The standard InChI is InChI=1S/C13H15ClFN3/c1-18-8-6-11(17-18)5-7-16-9-10-3-2-4-12(14)13(10)15/h2-4,6,8,16H,5,7,9H2,1H3. The van der Waals surface area contributed by atoms with Gasteiger partial charge in [0.2, 0.25) is 0 Å². The highest BCUT2D eigenvalue weighted by Crippen LogP contribution is 2.17. The number of nitrogens with one attached hydrogen (secondary N) is 1. The van der Waals surface area contributed by atoms with Gasteiger partial charge in [-0.2, -0.15) is 5.10 Å². The summed E-state index contributed by atoms with van der Waals surface area (Å²) in [6.45, 7) is 1.22. The van der Waals surface area contributed by atoms with E-state index in [9.17, 15) is 4.39 Å². The summed E-state index contributed by atoms with van der Waals surface area (Å²) in [5.41, 5.74) is 1.61. The van der Waals surface area contributed by atoms with Crippen LogP contribution in [0.15, 0.2) is 30.5 Å². The molecule has 18 heavy (non-hydrogen) atoms. The van der Waals surface area contributed by atoms with Gasteiger partial charge >= 0.3 is 0 Å². The van der Waals surface area contributed by atoms with Crippen molar-refractivity contribution in [1.82, 2.24) is 15.1 Å². The van der Waals surface area contributed by atoms with Gasteiger partial charge in [0.1, 0.15) is 5.82 Å². The predicted octanol–water partition coefficient (Wildman–Crippen LogP) is 2.54. The summed E-state index contributed by atoms with van der Waals surface area (Å²) in [5.74, 6) is -0.343. The molecule has 96 valence electrons. The number of hydrogen-bond donors (Lipinski definition) is 1. The molecule has 1 N–H and O–H groups in total. The molecule has 0 unspecified atom stereocenters. The smallest absolute Gasteiger partial charge is 0.146 e. The van der Waals surface area contributed by atoms with Crippen LogP contribution in [0.3, 0.4) is 0 Å². The van der Waals surface area contributed by atoms with Crippen LogP contribution in [-0.2, 0) is 20.0 Å². The topological polar surface area (TPSA) is 29.9 Å². The van der Waals surface area contributed by atoms with Gasteiger partial charge in [-0.15, -0.1) is 0 Å². The molecule has 0 fully saturated rings. The Balaban J connectivity index is 1.80. The van der Waals surface area contributed by atoms with Crippen LogP contribution in [0.25, 0.3) is 0 Å². The summed E-state index contributed by atoms with van der Waals surface area (Å²) in [6.07, 6.45) is 2.73. The van der Waals surface area contributed by atoms with Gasteiger partial charge in [-0.3, -0.25) is 4.68 Å². The lowest BCUT2D eigenvalue weighted by molar-refractivity contribution is 0.587. The first-order valence-corrected chi connectivity index (χ1v) is 6.17. The van der Waals surface area contributed by atoms with Crippen molar-refractivity contribution >= 4 is 11.6 Å². The number of hydrogen-bond acceptors (Lipinski definition) is 2. The largest absolute Gasteiger partial charge is 0.312 e.